The molecule has 0 fully saturated rings. The number of amides is 5. The van der Waals surface area contributed by atoms with Gasteiger partial charge in [0.1, 0.15) is 32.1 Å². The van der Waals surface area contributed by atoms with E-state index in [9.17, 15) is 38.4 Å². The van der Waals surface area contributed by atoms with E-state index in [0.29, 0.717) is 83.3 Å². The first-order chi connectivity index (χ1) is 41.9. The number of esters is 1. The van der Waals surface area contributed by atoms with Gasteiger partial charge in [-0.05, 0) is 96.2 Å². The van der Waals surface area contributed by atoms with Gasteiger partial charge >= 0.3 is 12.1 Å². The lowest BCUT2D eigenvalue weighted by Crippen LogP contribution is -2.50. The molecule has 0 spiro atoms. The van der Waals surface area contributed by atoms with E-state index in [0.717, 1.165) is 16.5 Å². The van der Waals surface area contributed by atoms with Gasteiger partial charge < -0.3 is 54.4 Å². The van der Waals surface area contributed by atoms with Gasteiger partial charge in [0.2, 0.25) is 35.1 Å². The van der Waals surface area contributed by atoms with Crippen molar-refractivity contribution in [3.63, 3.8) is 0 Å². The van der Waals surface area contributed by atoms with Gasteiger partial charge in [-0.15, -0.1) is 17.7 Å². The average molecular weight is 1230 g/mol. The summed E-state index contributed by atoms with van der Waals surface area (Å²) in [6.45, 7) is 13.7. The normalized spacial score (nSPS) is 14.1. The molecule has 8 rings (SSSR count). The summed E-state index contributed by atoms with van der Waals surface area (Å²) >= 11 is 4.05. The quantitative estimate of drug-likeness (QED) is 0.0153. The molecule has 26 heteroatoms. The van der Waals surface area contributed by atoms with Crippen molar-refractivity contribution in [3.05, 3.63) is 123 Å². The van der Waals surface area contributed by atoms with Crippen LogP contribution < -0.4 is 26.8 Å². The van der Waals surface area contributed by atoms with E-state index >= 15 is 0 Å². The van der Waals surface area contributed by atoms with Crippen molar-refractivity contribution < 1.29 is 57.2 Å². The Bertz CT molecular complexity index is 3720. The number of aromatic nitrogens is 7. The summed E-state index contributed by atoms with van der Waals surface area (Å²) in [4.78, 5) is 119. The fourth-order valence-electron chi connectivity index (χ4n) is 10.2. The highest BCUT2D eigenvalue weighted by atomic mass is 32.1. The number of fused-ring (bicyclic) bond motifs is 5. The van der Waals surface area contributed by atoms with Crippen LogP contribution in [0.4, 0.5) is 10.5 Å². The summed E-state index contributed by atoms with van der Waals surface area (Å²) in [6.07, 6.45) is 5.55. The summed E-state index contributed by atoms with van der Waals surface area (Å²) in [6, 6.07) is 15.6. The number of benzene rings is 2. The van der Waals surface area contributed by atoms with Crippen LogP contribution in [0.15, 0.2) is 83.1 Å². The first-order valence-corrected chi connectivity index (χ1v) is 29.2. The van der Waals surface area contributed by atoms with Crippen molar-refractivity contribution >= 4 is 70.9 Å². The van der Waals surface area contributed by atoms with Gasteiger partial charge in [0.15, 0.2) is 5.16 Å². The third kappa shape index (κ3) is 16.7. The van der Waals surface area contributed by atoms with Crippen LogP contribution in [0, 0.1) is 11.8 Å². The molecule has 4 N–H and O–H groups in total. The van der Waals surface area contributed by atoms with Crippen LogP contribution in [-0.2, 0) is 97.3 Å². The molecule has 0 radical (unpaired) electrons. The van der Waals surface area contributed by atoms with Crippen LogP contribution in [0.1, 0.15) is 120 Å². The van der Waals surface area contributed by atoms with E-state index in [1.54, 1.807) is 90.8 Å². The van der Waals surface area contributed by atoms with Crippen LogP contribution in [0.25, 0.3) is 22.3 Å². The highest BCUT2D eigenvalue weighted by Gasteiger charge is 2.51. The van der Waals surface area contributed by atoms with Gasteiger partial charge in [0.25, 0.3) is 5.56 Å². The lowest BCUT2D eigenvalue weighted by Gasteiger charge is -2.35. The molecular weight excluding hydrogens is 1150 g/mol. The minimum atomic E-state index is -2.02. The number of ether oxygens (including phenoxy) is 5. The number of rotatable bonds is 26. The zero-order chi connectivity index (χ0) is 63.3. The van der Waals surface area contributed by atoms with E-state index < -0.39 is 71.9 Å². The largest absolute Gasteiger partial charge is 0.510 e. The Hall–Kier alpha value is -9.06. The number of cyclic esters (lactones) is 1. The van der Waals surface area contributed by atoms with Crippen molar-refractivity contribution in [2.45, 2.75) is 148 Å². The second-order valence-corrected chi connectivity index (χ2v) is 23.2. The molecule has 2 aliphatic rings. The van der Waals surface area contributed by atoms with E-state index in [-0.39, 0.29) is 68.3 Å². The fraction of sp³-hybridized carbons (Fsp3) is 0.435. The van der Waals surface area contributed by atoms with E-state index in [1.807, 2.05) is 52.0 Å². The highest BCUT2D eigenvalue weighted by Crippen LogP contribution is 2.42. The topological polar surface area (TPSA) is 308 Å². The molecule has 0 bridgehead atoms. The Morgan fingerprint density at radius 1 is 0.932 bits per heavy atom. The second-order valence-electron chi connectivity index (χ2n) is 22.8. The van der Waals surface area contributed by atoms with Crippen LogP contribution in [-0.4, -0.2) is 131 Å². The number of anilines is 1. The number of nitrogens with one attached hydrogen (secondary N) is 4. The molecule has 0 aliphatic carbocycles. The van der Waals surface area contributed by atoms with Crippen molar-refractivity contribution in [2.75, 3.05) is 38.2 Å². The second kappa shape index (κ2) is 28.6. The van der Waals surface area contributed by atoms with Gasteiger partial charge in [0, 0.05) is 66.9 Å². The maximum atomic E-state index is 14.4. The molecule has 6 aromatic rings. The Morgan fingerprint density at radius 2 is 1.67 bits per heavy atom. The zero-order valence-corrected chi connectivity index (χ0v) is 51.3. The molecule has 2 aromatic carbocycles. The molecule has 2 aliphatic heterocycles. The molecule has 25 nitrogen and oxygen atoms in total. The van der Waals surface area contributed by atoms with Crippen LogP contribution in [0.5, 0.6) is 0 Å². The van der Waals surface area contributed by atoms with Gasteiger partial charge in [-0.25, -0.2) is 29.2 Å². The number of nitrogens with zero attached hydrogens (tertiary/aromatic N) is 8. The minimum Gasteiger partial charge on any atom is -0.457 e. The summed E-state index contributed by atoms with van der Waals surface area (Å²) in [5.74, 6) is 3.23. The molecule has 88 heavy (non-hydrogen) atoms. The van der Waals surface area contributed by atoms with Crippen LogP contribution in [0.3, 0.4) is 0 Å². The molecule has 0 unspecified atom stereocenters. The van der Waals surface area contributed by atoms with Crippen molar-refractivity contribution in [2.24, 2.45) is 0 Å². The third-order valence-electron chi connectivity index (χ3n) is 14.5. The molecule has 464 valence electrons. The maximum Gasteiger partial charge on any atom is 0.510 e. The zero-order valence-electron chi connectivity index (χ0n) is 50.4. The maximum absolute atomic E-state index is 14.4. The average Bonchev–Trinajstić information content (AvgIpc) is 1.50. The molecule has 1 atom stereocenters. The minimum absolute atomic E-state index is 0.0202. The van der Waals surface area contributed by atoms with E-state index in [4.69, 9.17) is 28.7 Å². The third-order valence-corrected chi connectivity index (χ3v) is 14.8. The van der Waals surface area contributed by atoms with Crippen LogP contribution in [0.2, 0.25) is 0 Å². The fourth-order valence-corrected chi connectivity index (χ4v) is 10.3. The molecule has 0 saturated carbocycles. The monoisotopic (exact) mass is 1220 g/mol. The predicted octanol–water partition coefficient (Wildman–Crippen LogP) is 5.21. The molecule has 4 aromatic heterocycles. The number of carbonyl (C=O) groups excluding carboxylic acids is 7. The Labute approximate surface area is 513 Å². The van der Waals surface area contributed by atoms with Gasteiger partial charge in [0.05, 0.1) is 78.2 Å². The number of thiol groups is 1. The summed E-state index contributed by atoms with van der Waals surface area (Å²) < 4.78 is 31.5. The van der Waals surface area contributed by atoms with Crippen molar-refractivity contribution in [3.8, 4) is 23.2 Å². The molecular formula is C62H72N12O13S. The number of hydrogen-bond acceptors (Lipinski definition) is 19. The SMILES string of the molecule is CC[C@@]1(OC(=O)OCc2ccc(NC(=O)CNC(=O)COCC(=O)NC(C)(C)COC(C)(C)Cn3cc(CNC(=O)CCCC#Cc4cnc(S)nc4)nn3)cc2)C(=O)OCc2c1cc1n(c2=O)Cc2c-1nc1ccccc1c2CCN(C(C)=O)C(C)C. The van der Waals surface area contributed by atoms with Crippen molar-refractivity contribution in [1.82, 2.24) is 55.4 Å². The van der Waals surface area contributed by atoms with Gasteiger partial charge in [-0.2, -0.15) is 0 Å². The lowest BCUT2D eigenvalue weighted by molar-refractivity contribution is -0.175. The Balaban J connectivity index is 0.738. The summed E-state index contributed by atoms with van der Waals surface area (Å²) in [5, 5.41) is 20.4. The van der Waals surface area contributed by atoms with Gasteiger partial charge in [-0.3, -0.25) is 28.8 Å². The number of pyridine rings is 2. The summed E-state index contributed by atoms with van der Waals surface area (Å²) in [5.41, 5.74) is 1.93. The molecule has 6 heterocycles. The van der Waals surface area contributed by atoms with Crippen LogP contribution >= 0.6 is 12.6 Å². The Morgan fingerprint density at radius 3 is 2.40 bits per heavy atom. The van der Waals surface area contributed by atoms with Gasteiger partial charge in [-0.1, -0.05) is 54.3 Å². The first-order valence-electron chi connectivity index (χ1n) is 28.7. The van der Waals surface area contributed by atoms with E-state index in [1.165, 1.54) is 0 Å². The smallest absolute Gasteiger partial charge is 0.457 e. The number of carbonyl (C=O) groups is 7. The lowest BCUT2D eigenvalue weighted by atomic mass is 9.85. The summed E-state index contributed by atoms with van der Waals surface area (Å²) in [7, 11) is 0. The predicted molar refractivity (Wildman–Crippen MR) is 323 cm³/mol. The molecule has 0 saturated heterocycles. The highest BCUT2D eigenvalue weighted by molar-refractivity contribution is 7.80. The molecule has 5 amide bonds. The number of hydrogen-bond donors (Lipinski definition) is 5. The Kier molecular flexibility index (Phi) is 21.1. The van der Waals surface area contributed by atoms with Crippen molar-refractivity contribution in [1.29, 1.82) is 0 Å². The first kappa shape index (κ1) is 64.9. The number of para-hydroxylation sites is 1. The standard InChI is InChI=1S/C62H72N12O13S/c1-9-62(48-25-50-55-46(31-74(50)56(80)47(48)33-84-57(62)81)44(23-24-73(38(2)3)39(4)75)45-16-13-14-17-49(45)68-55)87-59(82)85-32-40-19-21-42(22-20-40)67-52(77)29-64-53(78)34-83-35-54(79)69-60(5,6)37-86-61(7,8)36-72-30-43(70-71-72)28-63-51(76)18-12-10-11-15-41-26-65-58(88)66-27-41/h13-14,16-17,19-22,25-27,30,38H,9-10,12,18,23-24,28-29,31-37H2,1-8H3,(H,63,76)(H,64,78)(H,67,77)(H,69,79)(H,65,66,88)/t62-/m0/s1. The number of unbranched alkanes of at least 4 members (excludes halogenated alkanes) is 1. The van der Waals surface area contributed by atoms with E-state index in [2.05, 4.69) is 66.0 Å².